The smallest absolute Gasteiger partial charge is 0.387 e. The van der Waals surface area contributed by atoms with Gasteiger partial charge in [-0.25, -0.2) is 0 Å². The van der Waals surface area contributed by atoms with E-state index in [1.807, 2.05) is 24.3 Å². The van der Waals surface area contributed by atoms with E-state index in [2.05, 4.69) is 10.2 Å². The fourth-order valence-corrected chi connectivity index (χ4v) is 1.64. The molecule has 0 aromatic heterocycles. The second-order valence-corrected chi connectivity index (χ2v) is 3.85. The van der Waals surface area contributed by atoms with Gasteiger partial charge in [0.1, 0.15) is 11.5 Å². The van der Waals surface area contributed by atoms with Crippen molar-refractivity contribution in [3.8, 4) is 5.75 Å². The number of halogens is 2. The Morgan fingerprint density at radius 1 is 1.26 bits per heavy atom. The fourth-order valence-electron chi connectivity index (χ4n) is 1.64. The van der Waals surface area contributed by atoms with E-state index >= 15 is 0 Å². The molecule has 0 spiro atoms. The number of hydrogen-bond donors (Lipinski definition) is 1. The Hall–Kier alpha value is -2.24. The van der Waals surface area contributed by atoms with Gasteiger partial charge in [0.15, 0.2) is 0 Å². The molecule has 0 saturated carbocycles. The predicted octanol–water partition coefficient (Wildman–Crippen LogP) is 2.61. The highest BCUT2D eigenvalue weighted by Gasteiger charge is 2.10. The highest BCUT2D eigenvalue weighted by molar-refractivity contribution is 5.27. The Morgan fingerprint density at radius 2 is 2.00 bits per heavy atom. The number of alkyl halides is 2. The maximum atomic E-state index is 12.1. The van der Waals surface area contributed by atoms with Crippen LogP contribution in [0.15, 0.2) is 48.5 Å². The molecule has 1 aliphatic heterocycles. The normalized spacial score (nSPS) is 14.1. The first-order valence-corrected chi connectivity index (χ1v) is 5.66. The van der Waals surface area contributed by atoms with E-state index in [1.165, 1.54) is 12.3 Å². The molecule has 0 saturated heterocycles. The van der Waals surface area contributed by atoms with Crippen molar-refractivity contribution in [2.24, 2.45) is 0 Å². The zero-order valence-electron chi connectivity index (χ0n) is 10.3. The molecule has 102 valence electrons. The molecule has 0 atom stereocenters. The molecule has 1 aromatic carbocycles. The second-order valence-electron chi connectivity index (χ2n) is 3.85. The Kier molecular flexibility index (Phi) is 4.22. The SMILES string of the molecule is COc1ccc(CN2C=C(OC(F)F)C=CN2)cc1. The summed E-state index contributed by atoms with van der Waals surface area (Å²) < 4.78 is 33.6. The molecule has 0 radical (unpaired) electrons. The number of nitrogens with one attached hydrogen (secondary N) is 1. The van der Waals surface area contributed by atoms with Crippen LogP contribution in [0.25, 0.3) is 0 Å². The first-order chi connectivity index (χ1) is 9.17. The van der Waals surface area contributed by atoms with Crippen LogP contribution in [-0.2, 0) is 11.3 Å². The molecule has 0 unspecified atom stereocenters. The quantitative estimate of drug-likeness (QED) is 0.890. The zero-order valence-corrected chi connectivity index (χ0v) is 10.3. The van der Waals surface area contributed by atoms with E-state index in [9.17, 15) is 8.78 Å². The Balaban J connectivity index is 1.98. The highest BCUT2D eigenvalue weighted by Crippen LogP contribution is 2.15. The maximum Gasteiger partial charge on any atom is 0.387 e. The van der Waals surface area contributed by atoms with Gasteiger partial charge in [0.2, 0.25) is 0 Å². The van der Waals surface area contributed by atoms with E-state index in [0.29, 0.717) is 6.54 Å². The average Bonchev–Trinajstić information content (AvgIpc) is 2.39. The van der Waals surface area contributed by atoms with Crippen molar-refractivity contribution in [3.63, 3.8) is 0 Å². The Bertz CT molecular complexity index is 472. The van der Waals surface area contributed by atoms with E-state index in [-0.39, 0.29) is 5.76 Å². The third-order valence-electron chi connectivity index (χ3n) is 2.51. The van der Waals surface area contributed by atoms with Gasteiger partial charge in [-0.05, 0) is 23.8 Å². The van der Waals surface area contributed by atoms with Crippen molar-refractivity contribution in [3.05, 3.63) is 54.1 Å². The molecule has 0 fully saturated rings. The van der Waals surface area contributed by atoms with Crippen LogP contribution in [0.3, 0.4) is 0 Å². The molecule has 6 heteroatoms. The van der Waals surface area contributed by atoms with Crippen LogP contribution in [0, 0.1) is 0 Å². The summed E-state index contributed by atoms with van der Waals surface area (Å²) in [7, 11) is 1.60. The molecular formula is C13H14F2N2O2. The highest BCUT2D eigenvalue weighted by atomic mass is 19.3. The first kappa shape index (κ1) is 13.2. The number of methoxy groups -OCH3 is 1. The minimum Gasteiger partial charge on any atom is -0.497 e. The third-order valence-corrected chi connectivity index (χ3v) is 2.51. The summed E-state index contributed by atoms with van der Waals surface area (Å²) in [5.41, 5.74) is 3.93. The molecule has 2 rings (SSSR count). The summed E-state index contributed by atoms with van der Waals surface area (Å²) in [5.74, 6) is 0.884. The molecule has 19 heavy (non-hydrogen) atoms. The van der Waals surface area contributed by atoms with E-state index in [4.69, 9.17) is 4.74 Å². The van der Waals surface area contributed by atoms with Gasteiger partial charge in [-0.3, -0.25) is 5.01 Å². The summed E-state index contributed by atoms with van der Waals surface area (Å²) in [6.45, 7) is -2.30. The molecule has 1 N–H and O–H groups in total. The summed E-state index contributed by atoms with van der Waals surface area (Å²) in [4.78, 5) is 0. The van der Waals surface area contributed by atoms with Crippen molar-refractivity contribution < 1.29 is 18.3 Å². The van der Waals surface area contributed by atoms with Crippen LogP contribution in [0.4, 0.5) is 8.78 Å². The fraction of sp³-hybridized carbons (Fsp3) is 0.231. The number of hydrazine groups is 1. The van der Waals surface area contributed by atoms with Crippen molar-refractivity contribution in [1.82, 2.24) is 10.4 Å². The van der Waals surface area contributed by atoms with Gasteiger partial charge in [-0.1, -0.05) is 12.1 Å². The molecule has 1 aliphatic rings. The number of benzene rings is 1. The van der Waals surface area contributed by atoms with Crippen LogP contribution in [0.1, 0.15) is 5.56 Å². The molecule has 0 amide bonds. The van der Waals surface area contributed by atoms with E-state index in [1.54, 1.807) is 18.3 Å². The Morgan fingerprint density at radius 3 is 2.63 bits per heavy atom. The summed E-state index contributed by atoms with van der Waals surface area (Å²) in [5, 5.41) is 1.65. The van der Waals surface area contributed by atoms with Gasteiger partial charge < -0.3 is 14.9 Å². The third kappa shape index (κ3) is 3.87. The summed E-state index contributed by atoms with van der Waals surface area (Å²) in [6, 6.07) is 7.49. The number of allylic oxidation sites excluding steroid dienone is 1. The van der Waals surface area contributed by atoms with Crippen molar-refractivity contribution in [2.75, 3.05) is 7.11 Å². The number of rotatable bonds is 5. The van der Waals surface area contributed by atoms with Crippen LogP contribution < -0.4 is 10.2 Å². The van der Waals surface area contributed by atoms with Crippen LogP contribution in [0.2, 0.25) is 0 Å². The first-order valence-electron chi connectivity index (χ1n) is 5.66. The lowest BCUT2D eigenvalue weighted by Gasteiger charge is -2.24. The largest absolute Gasteiger partial charge is 0.497 e. The molecule has 4 nitrogen and oxygen atoms in total. The van der Waals surface area contributed by atoms with Crippen LogP contribution >= 0.6 is 0 Å². The van der Waals surface area contributed by atoms with E-state index in [0.717, 1.165) is 11.3 Å². The van der Waals surface area contributed by atoms with Crippen LogP contribution in [0.5, 0.6) is 5.75 Å². The zero-order chi connectivity index (χ0) is 13.7. The standard InChI is InChI=1S/C13H14F2N2O2/c1-18-11-4-2-10(3-5-11)8-17-9-12(6-7-16-17)19-13(14)15/h2-7,9,13,16H,8H2,1H3. The van der Waals surface area contributed by atoms with Crippen LogP contribution in [-0.4, -0.2) is 18.7 Å². The lowest BCUT2D eigenvalue weighted by Crippen LogP contribution is -2.31. The maximum absolute atomic E-state index is 12.1. The molecule has 0 aliphatic carbocycles. The Labute approximate surface area is 109 Å². The number of ether oxygens (including phenoxy) is 2. The second kappa shape index (κ2) is 6.08. The lowest BCUT2D eigenvalue weighted by atomic mass is 10.2. The average molecular weight is 268 g/mol. The predicted molar refractivity (Wildman–Crippen MR) is 66.0 cm³/mol. The number of nitrogens with zero attached hydrogens (tertiary/aromatic N) is 1. The van der Waals surface area contributed by atoms with Crippen molar-refractivity contribution >= 4 is 0 Å². The van der Waals surface area contributed by atoms with Gasteiger partial charge in [-0.2, -0.15) is 8.78 Å². The number of hydrogen-bond acceptors (Lipinski definition) is 4. The van der Waals surface area contributed by atoms with Gasteiger partial charge in [-0.15, -0.1) is 0 Å². The minimum absolute atomic E-state index is 0.113. The van der Waals surface area contributed by atoms with Crippen molar-refractivity contribution in [1.29, 1.82) is 0 Å². The molecule has 1 heterocycles. The van der Waals surface area contributed by atoms with Gasteiger partial charge in [0, 0.05) is 6.20 Å². The minimum atomic E-state index is -2.82. The topological polar surface area (TPSA) is 33.7 Å². The molecule has 0 bridgehead atoms. The van der Waals surface area contributed by atoms with E-state index < -0.39 is 6.61 Å². The lowest BCUT2D eigenvalue weighted by molar-refractivity contribution is -0.0940. The summed E-state index contributed by atoms with van der Waals surface area (Å²) >= 11 is 0. The molecule has 1 aromatic rings. The monoisotopic (exact) mass is 268 g/mol. The summed E-state index contributed by atoms with van der Waals surface area (Å²) in [6.07, 6.45) is 4.47. The van der Waals surface area contributed by atoms with Gasteiger partial charge >= 0.3 is 6.61 Å². The van der Waals surface area contributed by atoms with Crippen molar-refractivity contribution in [2.45, 2.75) is 13.2 Å². The van der Waals surface area contributed by atoms with Gasteiger partial charge in [0.25, 0.3) is 0 Å². The van der Waals surface area contributed by atoms with Gasteiger partial charge in [0.05, 0.1) is 19.9 Å². The molecular weight excluding hydrogens is 254 g/mol.